The number of fused-ring (bicyclic) bond motifs is 2. The van der Waals surface area contributed by atoms with E-state index in [1.807, 2.05) is 0 Å². The van der Waals surface area contributed by atoms with Crippen LogP contribution in [0.1, 0.15) is 49.9 Å². The average Bonchev–Trinajstić information content (AvgIpc) is 3.22. The molecule has 0 fully saturated rings. The first kappa shape index (κ1) is 25.0. The maximum Gasteiger partial charge on any atom is 0.209 e. The molecule has 2 heterocycles. The highest BCUT2D eigenvalue weighted by Gasteiger charge is 2.42. The molecule has 3 heteroatoms. The number of likely N-dealkylation sites (N-methyl/N-ethyl adjacent to an activating group) is 1. The van der Waals surface area contributed by atoms with E-state index in [0.717, 1.165) is 5.56 Å². The predicted molar refractivity (Wildman–Crippen MR) is 158 cm³/mol. The van der Waals surface area contributed by atoms with E-state index in [1.54, 1.807) is 0 Å². The molecule has 3 aromatic carbocycles. The van der Waals surface area contributed by atoms with E-state index in [0.29, 0.717) is 6.54 Å². The monoisotopic (exact) mass is 488 g/mol. The molecule has 188 valence electrons. The van der Waals surface area contributed by atoms with Crippen LogP contribution in [0.4, 0.5) is 11.4 Å². The van der Waals surface area contributed by atoms with Gasteiger partial charge >= 0.3 is 0 Å². The van der Waals surface area contributed by atoms with Gasteiger partial charge in [-0.05, 0) is 54.3 Å². The third kappa shape index (κ3) is 4.18. The number of allylic oxidation sites excluding steroid dienone is 6. The normalized spacial score (nSPS) is 19.2. The highest BCUT2D eigenvalue weighted by molar-refractivity contribution is 6.04. The minimum absolute atomic E-state index is 0.0653. The van der Waals surface area contributed by atoms with Gasteiger partial charge in [-0.15, -0.1) is 0 Å². The molecule has 0 spiro atoms. The van der Waals surface area contributed by atoms with Crippen LogP contribution in [0.15, 0.2) is 103 Å². The second-order valence-corrected chi connectivity index (χ2v) is 11.2. The Bertz CT molecular complexity index is 1460. The Morgan fingerprint density at radius 3 is 2.16 bits per heavy atom. The number of para-hydroxylation sites is 2. The number of benzene rings is 3. The first-order valence-electron chi connectivity index (χ1n) is 13.1. The summed E-state index contributed by atoms with van der Waals surface area (Å²) < 4.78 is 2.32. The molecule has 3 aromatic rings. The summed E-state index contributed by atoms with van der Waals surface area (Å²) >= 11 is 0. The fourth-order valence-corrected chi connectivity index (χ4v) is 6.02. The number of hydrogen-bond donors (Lipinski definition) is 1. The van der Waals surface area contributed by atoms with Crippen LogP contribution in [0.25, 0.3) is 5.57 Å². The van der Waals surface area contributed by atoms with E-state index in [1.165, 1.54) is 45.0 Å². The van der Waals surface area contributed by atoms with E-state index in [2.05, 4.69) is 148 Å². The third-order valence-corrected chi connectivity index (χ3v) is 8.25. The van der Waals surface area contributed by atoms with Gasteiger partial charge < -0.3 is 10.6 Å². The van der Waals surface area contributed by atoms with Gasteiger partial charge in [0, 0.05) is 48.1 Å². The zero-order chi connectivity index (χ0) is 26.4. The standard InChI is InChI=1S/C34H38N3/c1-33(2)27-11-7-9-13-29(27)36(5)31(33)21-19-26(25-17-15-24(23-35)16-18-25)20-22-32-34(3,4)28-12-8-10-14-30(28)37(32)6/h7-22H,23,35H2,1-6H3/q+1. The van der Waals surface area contributed by atoms with Gasteiger partial charge in [-0.3, -0.25) is 0 Å². The number of rotatable bonds is 5. The second kappa shape index (κ2) is 9.32. The lowest BCUT2D eigenvalue weighted by atomic mass is 9.81. The van der Waals surface area contributed by atoms with Crippen LogP contribution in [0, 0.1) is 0 Å². The molecule has 3 nitrogen and oxygen atoms in total. The molecule has 2 aliphatic heterocycles. The number of hydrogen-bond acceptors (Lipinski definition) is 2. The van der Waals surface area contributed by atoms with Gasteiger partial charge in [0.25, 0.3) is 0 Å². The summed E-state index contributed by atoms with van der Waals surface area (Å²) in [5.41, 5.74) is 17.1. The Kier molecular flexibility index (Phi) is 6.29. The van der Waals surface area contributed by atoms with Crippen molar-refractivity contribution in [2.24, 2.45) is 5.73 Å². The van der Waals surface area contributed by atoms with E-state index in [4.69, 9.17) is 5.73 Å². The zero-order valence-corrected chi connectivity index (χ0v) is 22.9. The topological polar surface area (TPSA) is 32.3 Å². The van der Waals surface area contributed by atoms with Crippen LogP contribution in [0.2, 0.25) is 0 Å². The van der Waals surface area contributed by atoms with Crippen LogP contribution in [0.5, 0.6) is 0 Å². The first-order chi connectivity index (χ1) is 17.7. The molecular weight excluding hydrogens is 450 g/mol. The largest absolute Gasteiger partial charge is 0.347 e. The van der Waals surface area contributed by atoms with Crippen molar-refractivity contribution in [2.75, 3.05) is 19.0 Å². The molecule has 0 atom stereocenters. The van der Waals surface area contributed by atoms with Crippen molar-refractivity contribution in [2.45, 2.75) is 45.1 Å². The molecule has 2 N–H and O–H groups in total. The van der Waals surface area contributed by atoms with Gasteiger partial charge in [-0.1, -0.05) is 80.6 Å². The van der Waals surface area contributed by atoms with Gasteiger partial charge in [0.1, 0.15) is 7.05 Å². The van der Waals surface area contributed by atoms with Crippen LogP contribution in [0.3, 0.4) is 0 Å². The van der Waals surface area contributed by atoms with Crippen LogP contribution >= 0.6 is 0 Å². The van der Waals surface area contributed by atoms with E-state index < -0.39 is 0 Å². The fraction of sp³-hybridized carbons (Fsp3) is 0.265. The summed E-state index contributed by atoms with van der Waals surface area (Å²) in [6, 6.07) is 26.0. The van der Waals surface area contributed by atoms with Crippen molar-refractivity contribution >= 4 is 22.7 Å². The van der Waals surface area contributed by atoms with Crippen LogP contribution in [-0.4, -0.2) is 24.4 Å². The minimum Gasteiger partial charge on any atom is -0.347 e. The molecule has 0 amide bonds. The summed E-state index contributed by atoms with van der Waals surface area (Å²) in [6.07, 6.45) is 9.12. The van der Waals surface area contributed by atoms with Gasteiger partial charge in [0.15, 0.2) is 5.71 Å². The Morgan fingerprint density at radius 1 is 0.865 bits per heavy atom. The van der Waals surface area contributed by atoms with Gasteiger partial charge in [-0.2, -0.15) is 4.58 Å². The molecule has 0 bridgehead atoms. The summed E-state index contributed by atoms with van der Waals surface area (Å²) in [4.78, 5) is 2.32. The van der Waals surface area contributed by atoms with Crippen molar-refractivity contribution in [3.8, 4) is 0 Å². The lowest BCUT2D eigenvalue weighted by Crippen LogP contribution is -2.26. The predicted octanol–water partition coefficient (Wildman–Crippen LogP) is 7.10. The van der Waals surface area contributed by atoms with Crippen molar-refractivity contribution in [3.63, 3.8) is 0 Å². The number of anilines is 1. The highest BCUT2D eigenvalue weighted by atomic mass is 15.2. The lowest BCUT2D eigenvalue weighted by Gasteiger charge is -2.24. The summed E-state index contributed by atoms with van der Waals surface area (Å²) in [6.45, 7) is 9.78. The molecule has 0 radical (unpaired) electrons. The van der Waals surface area contributed by atoms with Crippen molar-refractivity contribution in [3.05, 3.63) is 125 Å². The summed E-state index contributed by atoms with van der Waals surface area (Å²) in [5.74, 6) is 0. The van der Waals surface area contributed by atoms with Gasteiger partial charge in [0.05, 0.1) is 5.41 Å². The van der Waals surface area contributed by atoms with E-state index in [-0.39, 0.29) is 10.8 Å². The Hall–Kier alpha value is -3.69. The maximum absolute atomic E-state index is 5.88. The molecule has 0 aromatic heterocycles. The Labute approximate surface area is 222 Å². The quantitative estimate of drug-likeness (QED) is 0.307. The van der Waals surface area contributed by atoms with Gasteiger partial charge in [-0.25, -0.2) is 0 Å². The summed E-state index contributed by atoms with van der Waals surface area (Å²) in [7, 11) is 4.34. The second-order valence-electron chi connectivity index (χ2n) is 11.2. The Morgan fingerprint density at radius 2 is 1.51 bits per heavy atom. The molecular formula is C34H38N3+. The van der Waals surface area contributed by atoms with Crippen LogP contribution < -0.4 is 10.6 Å². The third-order valence-electron chi connectivity index (χ3n) is 8.25. The van der Waals surface area contributed by atoms with Crippen molar-refractivity contribution < 1.29 is 4.58 Å². The molecule has 0 saturated carbocycles. The molecule has 0 unspecified atom stereocenters. The van der Waals surface area contributed by atoms with Crippen molar-refractivity contribution in [1.29, 1.82) is 0 Å². The smallest absolute Gasteiger partial charge is 0.209 e. The van der Waals surface area contributed by atoms with E-state index in [9.17, 15) is 0 Å². The van der Waals surface area contributed by atoms with Crippen LogP contribution in [-0.2, 0) is 17.4 Å². The number of nitrogens with two attached hydrogens (primary N) is 1. The average molecular weight is 489 g/mol. The molecule has 0 aliphatic carbocycles. The molecule has 37 heavy (non-hydrogen) atoms. The lowest BCUT2D eigenvalue weighted by molar-refractivity contribution is -0.401. The van der Waals surface area contributed by atoms with E-state index >= 15 is 0 Å². The minimum atomic E-state index is -0.0653. The number of nitrogens with zero attached hydrogens (tertiary/aromatic N) is 2. The Balaban J connectivity index is 1.58. The fourth-order valence-electron chi connectivity index (χ4n) is 6.02. The molecule has 2 aliphatic rings. The summed E-state index contributed by atoms with van der Waals surface area (Å²) in [5, 5.41) is 0. The highest BCUT2D eigenvalue weighted by Crippen LogP contribution is 2.46. The first-order valence-corrected chi connectivity index (χ1v) is 13.1. The zero-order valence-electron chi connectivity index (χ0n) is 22.9. The molecule has 0 saturated heterocycles. The maximum atomic E-state index is 5.88. The van der Waals surface area contributed by atoms with Gasteiger partial charge in [0.2, 0.25) is 5.69 Å². The van der Waals surface area contributed by atoms with Crippen molar-refractivity contribution in [1.82, 2.24) is 0 Å². The SMILES string of the molecule is CN1\C(=C/C=C(/C=C/C2=[N+](C)c3ccccc3C2(C)C)c2ccc(CN)cc2)C(C)(C)c2ccccc21. The molecule has 5 rings (SSSR count).